The van der Waals surface area contributed by atoms with E-state index in [0.29, 0.717) is 6.61 Å². The van der Waals surface area contributed by atoms with E-state index in [0.717, 1.165) is 44.7 Å². The van der Waals surface area contributed by atoms with Gasteiger partial charge in [0.25, 0.3) is 5.56 Å². The van der Waals surface area contributed by atoms with Crippen molar-refractivity contribution in [3.8, 4) is 0 Å². The van der Waals surface area contributed by atoms with Gasteiger partial charge in [-0.15, -0.1) is 0 Å². The maximum Gasteiger partial charge on any atom is 0.269 e. The van der Waals surface area contributed by atoms with Crippen molar-refractivity contribution in [3.63, 3.8) is 0 Å². The molecule has 6 nitrogen and oxygen atoms in total. The molecule has 0 N–H and O–H groups in total. The minimum absolute atomic E-state index is 0.0278. The van der Waals surface area contributed by atoms with Crippen LogP contribution in [0, 0.1) is 13.8 Å². The molecule has 1 atom stereocenters. The highest BCUT2D eigenvalue weighted by Gasteiger charge is 2.23. The molecule has 1 fully saturated rings. The van der Waals surface area contributed by atoms with Gasteiger partial charge in [0.15, 0.2) is 0 Å². The lowest BCUT2D eigenvalue weighted by Gasteiger charge is -2.33. The molecule has 1 aliphatic rings. The van der Waals surface area contributed by atoms with E-state index in [4.69, 9.17) is 4.74 Å². The Morgan fingerprint density at radius 2 is 1.96 bits per heavy atom. The molecule has 28 heavy (non-hydrogen) atoms. The second-order valence-corrected chi connectivity index (χ2v) is 7.94. The molecule has 0 spiro atoms. The molecule has 3 rings (SSSR count). The van der Waals surface area contributed by atoms with E-state index in [1.807, 2.05) is 11.9 Å². The van der Waals surface area contributed by atoms with Crippen LogP contribution < -0.4 is 10.5 Å². The molecular weight excluding hydrogens is 352 g/mol. The molecule has 1 aromatic heterocycles. The van der Waals surface area contributed by atoms with Crippen molar-refractivity contribution in [1.29, 1.82) is 0 Å². The third-order valence-corrected chi connectivity index (χ3v) is 5.40. The quantitative estimate of drug-likeness (QED) is 0.735. The number of likely N-dealkylation sites (tertiary alicyclic amines) is 1. The van der Waals surface area contributed by atoms with Gasteiger partial charge >= 0.3 is 0 Å². The van der Waals surface area contributed by atoms with Crippen LogP contribution in [0.4, 0.5) is 5.69 Å². The number of anilines is 1. The zero-order valence-corrected chi connectivity index (χ0v) is 17.5. The van der Waals surface area contributed by atoms with Gasteiger partial charge in [0.1, 0.15) is 0 Å². The third kappa shape index (κ3) is 5.20. The van der Waals surface area contributed by atoms with Crippen LogP contribution in [-0.4, -0.2) is 55.1 Å². The zero-order chi connectivity index (χ0) is 20.1. The molecular formula is C22H32N4O2. The first kappa shape index (κ1) is 20.6. The Hall–Kier alpha value is -2.18. The normalized spacial score (nSPS) is 17.6. The highest BCUT2D eigenvalue weighted by Crippen LogP contribution is 2.22. The molecule has 0 radical (unpaired) electrons. The molecule has 0 bridgehead atoms. The largest absolute Gasteiger partial charge is 0.383 e. The molecule has 1 aliphatic heterocycles. The number of hydrogen-bond donors (Lipinski definition) is 0. The molecule has 1 aromatic carbocycles. The summed E-state index contributed by atoms with van der Waals surface area (Å²) in [4.78, 5) is 17.1. The minimum atomic E-state index is -0.0278. The average molecular weight is 385 g/mol. The van der Waals surface area contributed by atoms with Crippen molar-refractivity contribution < 1.29 is 4.74 Å². The number of methoxy groups -OCH3 is 1. The molecule has 1 saturated heterocycles. The summed E-state index contributed by atoms with van der Waals surface area (Å²) in [6, 6.07) is 8.53. The van der Waals surface area contributed by atoms with E-state index >= 15 is 0 Å². The Balaban J connectivity index is 1.69. The summed E-state index contributed by atoms with van der Waals surface area (Å²) in [5.41, 5.74) is 4.75. The number of likely N-dealkylation sites (N-methyl/N-ethyl adjacent to an activating group) is 1. The van der Waals surface area contributed by atoms with Crippen molar-refractivity contribution >= 4 is 5.69 Å². The van der Waals surface area contributed by atoms with Crippen molar-refractivity contribution in [3.05, 3.63) is 57.5 Å². The van der Waals surface area contributed by atoms with Gasteiger partial charge in [0, 0.05) is 39.9 Å². The number of hydrogen-bond acceptors (Lipinski definition) is 5. The van der Waals surface area contributed by atoms with Gasteiger partial charge in [-0.3, -0.25) is 9.69 Å². The number of piperidine rings is 1. The summed E-state index contributed by atoms with van der Waals surface area (Å²) in [5, 5.41) is 4.50. The van der Waals surface area contributed by atoms with Crippen molar-refractivity contribution in [2.24, 2.45) is 0 Å². The monoisotopic (exact) mass is 384 g/mol. The minimum Gasteiger partial charge on any atom is -0.383 e. The third-order valence-electron chi connectivity index (χ3n) is 5.40. The van der Waals surface area contributed by atoms with E-state index in [2.05, 4.69) is 42.0 Å². The maximum absolute atomic E-state index is 12.7. The van der Waals surface area contributed by atoms with Crippen molar-refractivity contribution in [2.75, 3.05) is 45.3 Å². The fourth-order valence-electron chi connectivity index (χ4n) is 4.04. The van der Waals surface area contributed by atoms with Crippen LogP contribution in [0.2, 0.25) is 0 Å². The SMILES string of the molecule is COCCN(C)c1cnn([C@@H]2CCCN(Cc3cc(C)cc(C)c3)C2)c(=O)c1. The van der Waals surface area contributed by atoms with E-state index in [1.54, 1.807) is 24.1 Å². The topological polar surface area (TPSA) is 50.6 Å². The van der Waals surface area contributed by atoms with Crippen LogP contribution >= 0.6 is 0 Å². The molecule has 0 unspecified atom stereocenters. The Labute approximate surface area is 167 Å². The number of ether oxygens (including phenoxy) is 1. The molecule has 152 valence electrons. The summed E-state index contributed by atoms with van der Waals surface area (Å²) in [6.45, 7) is 8.49. The Morgan fingerprint density at radius 1 is 1.21 bits per heavy atom. The van der Waals surface area contributed by atoms with Gasteiger partial charge in [-0.25, -0.2) is 4.68 Å². The second-order valence-electron chi connectivity index (χ2n) is 7.94. The first-order valence-corrected chi connectivity index (χ1v) is 10.0. The fraction of sp³-hybridized carbons (Fsp3) is 0.545. The Kier molecular flexibility index (Phi) is 6.86. The van der Waals surface area contributed by atoms with E-state index in [1.165, 1.54) is 16.7 Å². The number of aryl methyl sites for hydroxylation is 2. The summed E-state index contributed by atoms with van der Waals surface area (Å²) < 4.78 is 6.78. The number of nitrogens with zero attached hydrogens (tertiary/aromatic N) is 4. The van der Waals surface area contributed by atoms with Gasteiger partial charge < -0.3 is 9.64 Å². The van der Waals surface area contributed by atoms with Crippen LogP contribution in [0.5, 0.6) is 0 Å². The fourth-order valence-corrected chi connectivity index (χ4v) is 4.04. The maximum atomic E-state index is 12.7. The highest BCUT2D eigenvalue weighted by atomic mass is 16.5. The standard InChI is InChI=1S/C22H32N4O2/c1-17-10-18(2)12-19(11-17)15-25-7-5-6-20(16-25)26-22(27)13-21(14-23-26)24(3)8-9-28-4/h10-14,20H,5-9,15-16H2,1-4H3/t20-/m1/s1. The second kappa shape index (κ2) is 9.34. The van der Waals surface area contributed by atoms with Crippen LogP contribution in [0.3, 0.4) is 0 Å². The van der Waals surface area contributed by atoms with Gasteiger partial charge in [-0.2, -0.15) is 5.10 Å². The first-order valence-electron chi connectivity index (χ1n) is 10.0. The van der Waals surface area contributed by atoms with Crippen LogP contribution in [0.15, 0.2) is 35.3 Å². The number of aromatic nitrogens is 2. The molecule has 2 aromatic rings. The lowest BCUT2D eigenvalue weighted by molar-refractivity contribution is 0.160. The smallest absolute Gasteiger partial charge is 0.269 e. The van der Waals surface area contributed by atoms with Gasteiger partial charge in [0.2, 0.25) is 0 Å². The lowest BCUT2D eigenvalue weighted by Crippen LogP contribution is -2.40. The van der Waals surface area contributed by atoms with Crippen LogP contribution in [0.25, 0.3) is 0 Å². The molecule has 0 saturated carbocycles. The molecule has 0 amide bonds. The van der Waals surface area contributed by atoms with E-state index in [-0.39, 0.29) is 11.6 Å². The van der Waals surface area contributed by atoms with Crippen molar-refractivity contribution in [1.82, 2.24) is 14.7 Å². The van der Waals surface area contributed by atoms with Crippen LogP contribution in [-0.2, 0) is 11.3 Å². The summed E-state index contributed by atoms with van der Waals surface area (Å²) in [5.74, 6) is 0. The lowest BCUT2D eigenvalue weighted by atomic mass is 10.0. The number of rotatable bonds is 7. The zero-order valence-electron chi connectivity index (χ0n) is 17.5. The summed E-state index contributed by atoms with van der Waals surface area (Å²) >= 11 is 0. The van der Waals surface area contributed by atoms with Gasteiger partial charge in [-0.1, -0.05) is 29.3 Å². The van der Waals surface area contributed by atoms with Gasteiger partial charge in [0.05, 0.1) is 24.5 Å². The predicted molar refractivity (Wildman–Crippen MR) is 113 cm³/mol. The summed E-state index contributed by atoms with van der Waals surface area (Å²) in [7, 11) is 3.63. The molecule has 2 heterocycles. The molecule has 0 aliphatic carbocycles. The average Bonchev–Trinajstić information content (AvgIpc) is 2.65. The highest BCUT2D eigenvalue weighted by molar-refractivity contribution is 5.41. The summed E-state index contributed by atoms with van der Waals surface area (Å²) in [6.07, 6.45) is 3.87. The molecule has 6 heteroatoms. The first-order chi connectivity index (χ1) is 13.5. The van der Waals surface area contributed by atoms with Gasteiger partial charge in [-0.05, 0) is 38.8 Å². The Bertz CT molecular complexity index is 828. The van der Waals surface area contributed by atoms with E-state index in [9.17, 15) is 4.79 Å². The Morgan fingerprint density at radius 3 is 2.64 bits per heavy atom. The van der Waals surface area contributed by atoms with Crippen LogP contribution in [0.1, 0.15) is 35.6 Å². The predicted octanol–water partition coefficient (Wildman–Crippen LogP) is 2.78. The number of benzene rings is 1. The van der Waals surface area contributed by atoms with E-state index < -0.39 is 0 Å². The van der Waals surface area contributed by atoms with Crippen molar-refractivity contribution in [2.45, 2.75) is 39.3 Å².